The molecule has 174 valence electrons. The predicted octanol–water partition coefficient (Wildman–Crippen LogP) is 2.43. The van der Waals surface area contributed by atoms with Crippen LogP contribution < -0.4 is 5.32 Å². The molecule has 2 unspecified atom stereocenters. The standard InChI is InChI=1S/C22H28N2O7S/c1-12(2)19(26)30-13(3)31-20(27)16-22(4,5)32-18-15(17(25)24(16)18)23-21(28)29-11-14-9-7-6-8-10-14/h6-10,12-13,15-16,18H,11H2,1-5H3,(H,23,28)/t13?,15?,16-,18+/m0/s1. The van der Waals surface area contributed by atoms with Crippen molar-refractivity contribution >= 4 is 35.7 Å². The number of nitrogens with zero attached hydrogens (tertiary/aromatic N) is 1. The van der Waals surface area contributed by atoms with Gasteiger partial charge in [0.15, 0.2) is 0 Å². The summed E-state index contributed by atoms with van der Waals surface area (Å²) in [4.78, 5) is 50.9. The Bertz CT molecular complexity index is 890. The maximum atomic E-state index is 12.8. The van der Waals surface area contributed by atoms with Gasteiger partial charge in [-0.1, -0.05) is 44.2 Å². The molecule has 2 fully saturated rings. The third-order valence-electron chi connectivity index (χ3n) is 5.19. The fourth-order valence-electron chi connectivity index (χ4n) is 3.57. The van der Waals surface area contributed by atoms with E-state index in [-0.39, 0.29) is 12.5 Å². The number of alkyl carbamates (subject to hydrolysis) is 1. The zero-order valence-corrected chi connectivity index (χ0v) is 19.5. The molecule has 0 spiro atoms. The molecule has 0 aliphatic carbocycles. The molecule has 0 radical (unpaired) electrons. The number of benzene rings is 1. The Labute approximate surface area is 191 Å². The first-order valence-electron chi connectivity index (χ1n) is 10.4. The van der Waals surface area contributed by atoms with Crippen LogP contribution in [0.5, 0.6) is 0 Å². The van der Waals surface area contributed by atoms with Crippen LogP contribution in [0.25, 0.3) is 0 Å². The molecule has 0 saturated carbocycles. The second kappa shape index (κ2) is 9.40. The van der Waals surface area contributed by atoms with Crippen LogP contribution in [0.1, 0.15) is 40.2 Å². The summed E-state index contributed by atoms with van der Waals surface area (Å²) in [7, 11) is 0. The molecule has 2 aliphatic rings. The first-order valence-corrected chi connectivity index (χ1v) is 11.3. The molecule has 32 heavy (non-hydrogen) atoms. The number of carbonyl (C=O) groups is 4. The number of nitrogens with one attached hydrogen (secondary N) is 1. The molecule has 3 rings (SSSR count). The van der Waals surface area contributed by atoms with Gasteiger partial charge in [0.05, 0.1) is 5.92 Å². The van der Waals surface area contributed by atoms with E-state index in [4.69, 9.17) is 14.2 Å². The van der Waals surface area contributed by atoms with E-state index in [9.17, 15) is 19.2 Å². The van der Waals surface area contributed by atoms with E-state index in [1.54, 1.807) is 13.8 Å². The molecule has 9 nitrogen and oxygen atoms in total. The second-order valence-electron chi connectivity index (χ2n) is 8.54. The van der Waals surface area contributed by atoms with Gasteiger partial charge in [0.2, 0.25) is 12.2 Å². The Hall–Kier alpha value is -2.75. The fraction of sp³-hybridized carbons (Fsp3) is 0.545. The average molecular weight is 465 g/mol. The van der Waals surface area contributed by atoms with Crippen LogP contribution in [0.3, 0.4) is 0 Å². The number of carbonyl (C=O) groups excluding carboxylic acids is 4. The van der Waals surface area contributed by atoms with Crippen LogP contribution in [0.2, 0.25) is 0 Å². The molecule has 0 bridgehead atoms. The maximum Gasteiger partial charge on any atom is 0.408 e. The van der Waals surface area contributed by atoms with Crippen LogP contribution in [-0.2, 0) is 35.2 Å². The van der Waals surface area contributed by atoms with Crippen molar-refractivity contribution in [3.63, 3.8) is 0 Å². The smallest absolute Gasteiger partial charge is 0.408 e. The van der Waals surface area contributed by atoms with Gasteiger partial charge in [-0.2, -0.15) is 0 Å². The van der Waals surface area contributed by atoms with Gasteiger partial charge < -0.3 is 24.4 Å². The molecule has 1 aromatic carbocycles. The van der Waals surface area contributed by atoms with E-state index < -0.39 is 52.4 Å². The number of amides is 2. The van der Waals surface area contributed by atoms with E-state index in [0.29, 0.717) is 0 Å². The molecule has 2 saturated heterocycles. The minimum absolute atomic E-state index is 0.0859. The van der Waals surface area contributed by atoms with Crippen LogP contribution in [-0.4, -0.2) is 57.3 Å². The third kappa shape index (κ3) is 5.01. The highest BCUT2D eigenvalue weighted by atomic mass is 32.2. The van der Waals surface area contributed by atoms with E-state index >= 15 is 0 Å². The molecule has 2 heterocycles. The first-order chi connectivity index (χ1) is 15.0. The van der Waals surface area contributed by atoms with Gasteiger partial charge in [-0.25, -0.2) is 9.59 Å². The largest absolute Gasteiger partial charge is 0.445 e. The van der Waals surface area contributed by atoms with Gasteiger partial charge in [0.25, 0.3) is 0 Å². The van der Waals surface area contributed by atoms with Crippen LogP contribution in [0.4, 0.5) is 4.79 Å². The molecule has 2 aliphatic heterocycles. The summed E-state index contributed by atoms with van der Waals surface area (Å²) >= 11 is 1.39. The number of thioether (sulfide) groups is 1. The summed E-state index contributed by atoms with van der Waals surface area (Å²) in [6.07, 6.45) is -1.78. The van der Waals surface area contributed by atoms with Crippen LogP contribution >= 0.6 is 11.8 Å². The van der Waals surface area contributed by atoms with Crippen LogP contribution in [0, 0.1) is 5.92 Å². The Morgan fingerprint density at radius 2 is 1.78 bits per heavy atom. The first kappa shape index (κ1) is 23.9. The van der Waals surface area contributed by atoms with E-state index in [1.165, 1.54) is 23.6 Å². The topological polar surface area (TPSA) is 111 Å². The number of rotatable bonds is 7. The highest BCUT2D eigenvalue weighted by Gasteiger charge is 2.64. The number of hydrogen-bond donors (Lipinski definition) is 1. The normalized spacial score (nSPS) is 24.2. The van der Waals surface area contributed by atoms with Gasteiger partial charge in [-0.15, -0.1) is 11.8 Å². The quantitative estimate of drug-likeness (QED) is 0.372. The zero-order chi connectivity index (χ0) is 23.6. The summed E-state index contributed by atoms with van der Waals surface area (Å²) in [6.45, 7) is 8.54. The van der Waals surface area contributed by atoms with Crippen molar-refractivity contribution in [3.8, 4) is 0 Å². The lowest BCUT2D eigenvalue weighted by Gasteiger charge is -2.43. The van der Waals surface area contributed by atoms with Gasteiger partial charge in [-0.05, 0) is 19.4 Å². The van der Waals surface area contributed by atoms with E-state index in [0.717, 1.165) is 5.56 Å². The predicted molar refractivity (Wildman–Crippen MR) is 116 cm³/mol. The summed E-state index contributed by atoms with van der Waals surface area (Å²) < 4.78 is 14.9. The molecular weight excluding hydrogens is 436 g/mol. The molecular formula is C22H28N2O7S. The van der Waals surface area contributed by atoms with Gasteiger partial charge >= 0.3 is 18.0 Å². The minimum Gasteiger partial charge on any atom is -0.445 e. The number of hydrogen-bond acceptors (Lipinski definition) is 8. The lowest BCUT2D eigenvalue weighted by atomic mass is 9.96. The zero-order valence-electron chi connectivity index (χ0n) is 18.7. The van der Waals surface area contributed by atoms with Crippen molar-refractivity contribution in [2.45, 2.75) is 69.7 Å². The maximum absolute atomic E-state index is 12.8. The second-order valence-corrected chi connectivity index (χ2v) is 10.3. The third-order valence-corrected chi connectivity index (χ3v) is 6.76. The fourth-order valence-corrected chi connectivity index (χ4v) is 5.19. The highest BCUT2D eigenvalue weighted by molar-refractivity contribution is 8.01. The molecule has 1 N–H and O–H groups in total. The highest BCUT2D eigenvalue weighted by Crippen LogP contribution is 2.51. The van der Waals surface area contributed by atoms with E-state index in [1.807, 2.05) is 44.2 Å². The van der Waals surface area contributed by atoms with Crippen molar-refractivity contribution in [3.05, 3.63) is 35.9 Å². The Balaban J connectivity index is 1.57. The molecule has 10 heteroatoms. The number of esters is 2. The van der Waals surface area contributed by atoms with Crippen LogP contribution in [0.15, 0.2) is 30.3 Å². The summed E-state index contributed by atoms with van der Waals surface area (Å²) in [5.41, 5.74) is 0.829. The average Bonchev–Trinajstić information content (AvgIpc) is 2.98. The van der Waals surface area contributed by atoms with Crippen molar-refractivity contribution in [2.75, 3.05) is 0 Å². The van der Waals surface area contributed by atoms with Crippen molar-refractivity contribution < 1.29 is 33.4 Å². The minimum atomic E-state index is -1.07. The SMILES string of the molecule is CC(OC(=O)C(C)C)OC(=O)[C@@H]1N2C(=O)C(NC(=O)OCc3ccccc3)[C@H]2SC1(C)C. The molecule has 1 aromatic rings. The van der Waals surface area contributed by atoms with Crippen molar-refractivity contribution in [1.82, 2.24) is 10.2 Å². The Kier molecular flexibility index (Phi) is 7.02. The molecule has 0 aromatic heterocycles. The number of ether oxygens (including phenoxy) is 3. The lowest BCUT2D eigenvalue weighted by Crippen LogP contribution is -2.70. The summed E-state index contributed by atoms with van der Waals surface area (Å²) in [5, 5.41) is 2.17. The van der Waals surface area contributed by atoms with Gasteiger partial charge in [-0.3, -0.25) is 9.59 Å². The lowest BCUT2D eigenvalue weighted by molar-refractivity contribution is -0.193. The summed E-state index contributed by atoms with van der Waals surface area (Å²) in [6, 6.07) is 7.53. The van der Waals surface area contributed by atoms with Gasteiger partial charge in [0.1, 0.15) is 24.1 Å². The van der Waals surface area contributed by atoms with Gasteiger partial charge in [0, 0.05) is 11.7 Å². The number of β-lactam (4-membered cyclic amide) rings is 1. The van der Waals surface area contributed by atoms with E-state index in [2.05, 4.69) is 5.32 Å². The Morgan fingerprint density at radius 1 is 1.12 bits per heavy atom. The molecule has 4 atom stereocenters. The monoisotopic (exact) mass is 464 g/mol. The van der Waals surface area contributed by atoms with Crippen molar-refractivity contribution in [2.24, 2.45) is 5.92 Å². The number of fused-ring (bicyclic) bond motifs is 1. The Morgan fingerprint density at radius 3 is 2.41 bits per heavy atom. The molecule has 2 amide bonds. The summed E-state index contributed by atoms with van der Waals surface area (Å²) in [5.74, 6) is -1.89. The van der Waals surface area contributed by atoms with Crippen molar-refractivity contribution in [1.29, 1.82) is 0 Å².